The summed E-state index contributed by atoms with van der Waals surface area (Å²) in [5.74, 6) is -0.713. The Kier molecular flexibility index (Phi) is 5.56. The molecule has 0 bridgehead atoms. The first-order valence-corrected chi connectivity index (χ1v) is 9.36. The molecule has 0 unspecified atom stereocenters. The molecule has 4 rings (SSSR count). The highest BCUT2D eigenvalue weighted by atomic mass is 16.7. The molecule has 10 nitrogen and oxygen atoms in total. The fourth-order valence-corrected chi connectivity index (χ4v) is 3.40. The normalized spacial score (nSPS) is 26.1. The van der Waals surface area contributed by atoms with Crippen molar-refractivity contribution in [3.63, 3.8) is 0 Å². The first-order valence-electron chi connectivity index (χ1n) is 9.36. The van der Waals surface area contributed by atoms with E-state index in [1.165, 1.54) is 24.3 Å². The lowest BCUT2D eigenvalue weighted by Gasteiger charge is -2.39. The van der Waals surface area contributed by atoms with Crippen LogP contribution >= 0.6 is 0 Å². The monoisotopic (exact) mass is 432 g/mol. The predicted octanol–water partition coefficient (Wildman–Crippen LogP) is 0.0499. The Morgan fingerprint density at radius 1 is 0.935 bits per heavy atom. The van der Waals surface area contributed by atoms with Crippen molar-refractivity contribution in [2.75, 3.05) is 6.61 Å². The van der Waals surface area contributed by atoms with Crippen LogP contribution in [-0.2, 0) is 4.74 Å². The molecule has 1 aliphatic rings. The van der Waals surface area contributed by atoms with E-state index in [-0.39, 0.29) is 28.0 Å². The molecule has 1 aromatic heterocycles. The summed E-state index contributed by atoms with van der Waals surface area (Å²) in [6, 6.07) is 8.45. The van der Waals surface area contributed by atoms with E-state index < -0.39 is 48.5 Å². The van der Waals surface area contributed by atoms with Crippen LogP contribution in [0.3, 0.4) is 0 Å². The first-order chi connectivity index (χ1) is 14.8. The molecule has 5 atom stereocenters. The molecule has 164 valence electrons. The van der Waals surface area contributed by atoms with E-state index in [0.717, 1.165) is 6.26 Å². The molecule has 0 aliphatic carbocycles. The summed E-state index contributed by atoms with van der Waals surface area (Å²) in [6.45, 7) is -0.655. The van der Waals surface area contributed by atoms with Crippen molar-refractivity contribution >= 4 is 11.0 Å². The number of phenolic OH excluding ortho intramolecular Hbond substituents is 2. The molecule has 1 fully saturated rings. The van der Waals surface area contributed by atoms with Crippen LogP contribution in [0.4, 0.5) is 0 Å². The maximum atomic E-state index is 13.0. The van der Waals surface area contributed by atoms with Gasteiger partial charge in [0.05, 0.1) is 17.6 Å². The molecule has 1 aliphatic heterocycles. The zero-order valence-corrected chi connectivity index (χ0v) is 16.0. The van der Waals surface area contributed by atoms with E-state index in [1.54, 1.807) is 12.1 Å². The molecule has 3 aromatic rings. The van der Waals surface area contributed by atoms with Crippen LogP contribution in [0.15, 0.2) is 51.9 Å². The van der Waals surface area contributed by atoms with E-state index in [1.807, 2.05) is 0 Å². The summed E-state index contributed by atoms with van der Waals surface area (Å²) in [5, 5.41) is 59.1. The molecule has 31 heavy (non-hydrogen) atoms. The Balaban J connectivity index is 1.75. The van der Waals surface area contributed by atoms with Gasteiger partial charge in [-0.05, 0) is 29.8 Å². The average Bonchev–Trinajstić information content (AvgIpc) is 2.76. The Hall–Kier alpha value is -3.15. The minimum atomic E-state index is -1.71. The van der Waals surface area contributed by atoms with E-state index in [9.17, 15) is 35.4 Å². The summed E-state index contributed by atoms with van der Waals surface area (Å²) in [5.41, 5.74) is 0.130. The second kappa shape index (κ2) is 8.17. The van der Waals surface area contributed by atoms with Crippen LogP contribution < -0.4 is 10.2 Å². The topological polar surface area (TPSA) is 170 Å². The Morgan fingerprint density at radius 3 is 2.32 bits per heavy atom. The summed E-state index contributed by atoms with van der Waals surface area (Å²) in [7, 11) is 0. The van der Waals surface area contributed by atoms with Crippen LogP contribution in [0.5, 0.6) is 17.2 Å². The maximum absolute atomic E-state index is 13.0. The number of aromatic hydroxyl groups is 2. The summed E-state index contributed by atoms with van der Waals surface area (Å²) in [6.07, 6.45) is -6.59. The zero-order valence-electron chi connectivity index (χ0n) is 16.0. The molecule has 10 heteroatoms. The van der Waals surface area contributed by atoms with E-state index in [4.69, 9.17) is 13.9 Å². The fraction of sp³-hybridized carbons (Fsp3) is 0.286. The van der Waals surface area contributed by atoms with Gasteiger partial charge in [-0.3, -0.25) is 4.79 Å². The van der Waals surface area contributed by atoms with Gasteiger partial charge in [-0.15, -0.1) is 0 Å². The molecule has 2 aromatic carbocycles. The smallest absolute Gasteiger partial charge is 0.229 e. The number of rotatable bonds is 4. The van der Waals surface area contributed by atoms with Crippen molar-refractivity contribution in [1.29, 1.82) is 0 Å². The van der Waals surface area contributed by atoms with Crippen molar-refractivity contribution in [1.82, 2.24) is 0 Å². The maximum Gasteiger partial charge on any atom is 0.229 e. The Bertz CT molecular complexity index is 1140. The average molecular weight is 432 g/mol. The summed E-state index contributed by atoms with van der Waals surface area (Å²) < 4.78 is 16.3. The largest absolute Gasteiger partial charge is 0.508 e. The lowest BCUT2D eigenvalue weighted by Crippen LogP contribution is -2.60. The predicted molar refractivity (Wildman–Crippen MR) is 106 cm³/mol. The molecule has 0 radical (unpaired) electrons. The molecular formula is C21H20O10. The first kappa shape index (κ1) is 21.1. The van der Waals surface area contributed by atoms with Crippen LogP contribution in [0.25, 0.3) is 22.1 Å². The minimum absolute atomic E-state index is 0.0362. The molecule has 1 saturated heterocycles. The quantitative estimate of drug-likeness (QED) is 0.331. The highest BCUT2D eigenvalue weighted by Gasteiger charge is 2.45. The van der Waals surface area contributed by atoms with Crippen molar-refractivity contribution < 1.29 is 44.5 Å². The third-order valence-electron chi connectivity index (χ3n) is 5.14. The van der Waals surface area contributed by atoms with Gasteiger partial charge in [0.25, 0.3) is 0 Å². The van der Waals surface area contributed by atoms with Crippen LogP contribution in [-0.4, -0.2) is 68.0 Å². The van der Waals surface area contributed by atoms with Gasteiger partial charge >= 0.3 is 0 Å². The standard InChI is InChI=1S/C21H20O10/c22-7-14-16(26)17(27)18(28)21(30-14)31-20-13(24)6-5-11-15(25)12(8-29-19(11)20)9-1-3-10(23)4-2-9/h1-6,8,14,16-18,21-24,26-28H,7H2/t14-,16-,17-,18-,21+/m1/s1. The number of fused-ring (bicyclic) bond motifs is 1. The van der Waals surface area contributed by atoms with Crippen molar-refractivity contribution in [2.24, 2.45) is 0 Å². The highest BCUT2D eigenvalue weighted by Crippen LogP contribution is 2.37. The molecule has 2 heterocycles. The number of aliphatic hydroxyl groups excluding tert-OH is 4. The summed E-state index contributed by atoms with van der Waals surface area (Å²) >= 11 is 0. The minimum Gasteiger partial charge on any atom is -0.508 e. The van der Waals surface area contributed by atoms with Gasteiger partial charge in [-0.1, -0.05) is 12.1 Å². The Morgan fingerprint density at radius 2 is 1.65 bits per heavy atom. The third kappa shape index (κ3) is 3.71. The van der Waals surface area contributed by atoms with Gasteiger partial charge in [0.1, 0.15) is 36.4 Å². The van der Waals surface area contributed by atoms with Gasteiger partial charge in [0.2, 0.25) is 17.5 Å². The zero-order chi connectivity index (χ0) is 22.3. The van der Waals surface area contributed by atoms with E-state index >= 15 is 0 Å². The van der Waals surface area contributed by atoms with Crippen LogP contribution in [0.2, 0.25) is 0 Å². The van der Waals surface area contributed by atoms with Crippen molar-refractivity contribution in [2.45, 2.75) is 30.7 Å². The van der Waals surface area contributed by atoms with Crippen LogP contribution in [0.1, 0.15) is 0 Å². The second-order valence-corrected chi connectivity index (χ2v) is 7.13. The fourth-order valence-electron chi connectivity index (χ4n) is 3.40. The van der Waals surface area contributed by atoms with Gasteiger partial charge in [-0.2, -0.15) is 0 Å². The van der Waals surface area contributed by atoms with Crippen molar-refractivity contribution in [3.8, 4) is 28.4 Å². The molecule has 6 N–H and O–H groups in total. The Labute approximate surface area is 174 Å². The van der Waals surface area contributed by atoms with Gasteiger partial charge in [-0.25, -0.2) is 0 Å². The lowest BCUT2D eigenvalue weighted by atomic mass is 9.99. The number of hydrogen-bond donors (Lipinski definition) is 6. The van der Waals surface area contributed by atoms with Gasteiger partial charge in [0, 0.05) is 0 Å². The lowest BCUT2D eigenvalue weighted by molar-refractivity contribution is -0.277. The molecule has 0 amide bonds. The van der Waals surface area contributed by atoms with E-state index in [0.29, 0.717) is 5.56 Å². The number of phenols is 2. The second-order valence-electron chi connectivity index (χ2n) is 7.13. The number of benzene rings is 2. The molecular weight excluding hydrogens is 412 g/mol. The third-order valence-corrected chi connectivity index (χ3v) is 5.14. The number of ether oxygens (including phenoxy) is 2. The SMILES string of the molecule is O=c1c(-c2ccc(O)cc2)coc2c(O[C@@H]3O[C@H](CO)[C@@H](O)[C@@H](O)[C@H]3O)c(O)ccc12. The van der Waals surface area contributed by atoms with Gasteiger partial charge < -0.3 is 44.5 Å². The number of hydrogen-bond acceptors (Lipinski definition) is 10. The highest BCUT2D eigenvalue weighted by molar-refractivity contribution is 5.88. The number of aliphatic hydroxyl groups is 4. The van der Waals surface area contributed by atoms with Crippen LogP contribution in [0, 0.1) is 0 Å². The summed E-state index contributed by atoms with van der Waals surface area (Å²) in [4.78, 5) is 13.0. The molecule has 0 saturated carbocycles. The van der Waals surface area contributed by atoms with Gasteiger partial charge in [0.15, 0.2) is 11.3 Å². The van der Waals surface area contributed by atoms with E-state index in [2.05, 4.69) is 0 Å². The molecule has 0 spiro atoms. The van der Waals surface area contributed by atoms with Crippen molar-refractivity contribution in [3.05, 3.63) is 52.9 Å².